The minimum atomic E-state index is -1.42. The number of fused-ring (bicyclic) bond motifs is 1. The Morgan fingerprint density at radius 3 is 2.45 bits per heavy atom. The van der Waals surface area contributed by atoms with Gasteiger partial charge in [-0.15, -0.1) is 6.58 Å². The second kappa shape index (κ2) is 14.0. The monoisotopic (exact) mass is 605 g/mol. The Morgan fingerprint density at radius 1 is 1.20 bits per heavy atom. The Balaban J connectivity index is 1.79. The van der Waals surface area contributed by atoms with Gasteiger partial charge in [0.2, 0.25) is 12.0 Å². The topological polar surface area (TPSA) is 121 Å². The second-order valence-corrected chi connectivity index (χ2v) is 10.7. The van der Waals surface area contributed by atoms with E-state index in [0.29, 0.717) is 50.5 Å². The molecule has 11 nitrogen and oxygen atoms in total. The zero-order valence-corrected chi connectivity index (χ0v) is 25.0. The van der Waals surface area contributed by atoms with E-state index in [0.717, 1.165) is 11.6 Å². The van der Waals surface area contributed by atoms with Crippen molar-refractivity contribution >= 4 is 22.6 Å². The van der Waals surface area contributed by atoms with Crippen LogP contribution in [0, 0.1) is 15.9 Å². The molecule has 0 radical (unpaired) electrons. The van der Waals surface area contributed by atoms with Crippen LogP contribution < -0.4 is 15.1 Å². The van der Waals surface area contributed by atoms with Gasteiger partial charge in [0, 0.05) is 49.5 Å². The van der Waals surface area contributed by atoms with Gasteiger partial charge in [-0.2, -0.15) is 0 Å². The van der Waals surface area contributed by atoms with Crippen molar-refractivity contribution in [1.82, 2.24) is 14.4 Å². The number of nitro groups is 1. The number of allylic oxidation sites excluding steroid dienone is 4. The third-order valence-corrected chi connectivity index (χ3v) is 7.34. The van der Waals surface area contributed by atoms with E-state index in [9.17, 15) is 24.8 Å². The Kier molecular flexibility index (Phi) is 10.2. The molecule has 3 aromatic rings. The highest BCUT2D eigenvalue weighted by Gasteiger charge is 2.29. The van der Waals surface area contributed by atoms with E-state index in [-0.39, 0.29) is 33.8 Å². The van der Waals surface area contributed by atoms with Crippen LogP contribution in [0.15, 0.2) is 77.9 Å². The summed E-state index contributed by atoms with van der Waals surface area (Å²) in [5, 5.41) is 21.0. The summed E-state index contributed by atoms with van der Waals surface area (Å²) in [5.41, 5.74) is 1.19. The maximum atomic E-state index is 15.9. The number of hydrogen-bond acceptors (Lipinski definition) is 8. The molecule has 1 aromatic heterocycles. The van der Waals surface area contributed by atoms with E-state index in [1.165, 1.54) is 13.3 Å². The van der Waals surface area contributed by atoms with Crippen molar-refractivity contribution in [3.05, 3.63) is 110 Å². The number of carbonyl (C=O) groups is 1. The van der Waals surface area contributed by atoms with Crippen molar-refractivity contribution < 1.29 is 24.0 Å². The van der Waals surface area contributed by atoms with E-state index >= 15 is 4.39 Å². The van der Waals surface area contributed by atoms with Crippen molar-refractivity contribution in [3.63, 3.8) is 0 Å². The molecule has 0 bridgehead atoms. The molecular formula is C32H36FN5O6. The standard InChI is InChI=1S/C32H36FN5O6/c1-5-6-7-8-9-24(20-38(42)43)35-14-16-36(17-15-35)29-27(33)18-25-28(31(29)44-4)37(21-26(30(25)39)32(40)41)23-12-10-22(11-13-23)19-34(2)3/h5,7-13,18,21H,1,6,14-17,19-20H2,2-4H3,(H,40,41)/b8-7-,24-9+. The van der Waals surface area contributed by atoms with E-state index in [1.807, 2.05) is 54.2 Å². The van der Waals surface area contributed by atoms with Crippen molar-refractivity contribution in [2.24, 2.45) is 0 Å². The Morgan fingerprint density at radius 2 is 1.89 bits per heavy atom. The molecule has 0 unspecified atom stereocenters. The van der Waals surface area contributed by atoms with Gasteiger partial charge in [0.05, 0.1) is 18.2 Å². The van der Waals surface area contributed by atoms with Gasteiger partial charge in [0.15, 0.2) is 11.6 Å². The minimum Gasteiger partial charge on any atom is -0.492 e. The molecule has 1 aliphatic heterocycles. The zero-order chi connectivity index (χ0) is 32.0. The van der Waals surface area contributed by atoms with Gasteiger partial charge in [-0.3, -0.25) is 14.9 Å². The molecule has 4 rings (SSSR count). The second-order valence-electron chi connectivity index (χ2n) is 10.7. The maximum absolute atomic E-state index is 15.9. The highest BCUT2D eigenvalue weighted by Crippen LogP contribution is 2.39. The quantitative estimate of drug-likeness (QED) is 0.139. The van der Waals surface area contributed by atoms with Crippen LogP contribution in [0.2, 0.25) is 0 Å². The summed E-state index contributed by atoms with van der Waals surface area (Å²) in [7, 11) is 5.27. The van der Waals surface area contributed by atoms with Gasteiger partial charge in [0.1, 0.15) is 16.8 Å². The lowest BCUT2D eigenvalue weighted by atomic mass is 10.1. The molecule has 44 heavy (non-hydrogen) atoms. The first-order valence-electron chi connectivity index (χ1n) is 14.1. The number of pyridine rings is 1. The summed E-state index contributed by atoms with van der Waals surface area (Å²) >= 11 is 0. The molecule has 12 heteroatoms. The predicted octanol–water partition coefficient (Wildman–Crippen LogP) is 4.31. The summed E-state index contributed by atoms with van der Waals surface area (Å²) in [6.45, 7) is 5.41. The number of piperazine rings is 1. The summed E-state index contributed by atoms with van der Waals surface area (Å²) in [5.74, 6) is -2.07. The Hall–Kier alpha value is -4.97. The van der Waals surface area contributed by atoms with E-state index in [4.69, 9.17) is 4.74 Å². The number of hydrogen-bond donors (Lipinski definition) is 1. The largest absolute Gasteiger partial charge is 0.492 e. The number of ether oxygens (including phenoxy) is 1. The predicted molar refractivity (Wildman–Crippen MR) is 168 cm³/mol. The van der Waals surface area contributed by atoms with Crippen LogP contribution in [-0.4, -0.2) is 84.3 Å². The number of carboxylic acid groups (broad SMARTS) is 1. The molecule has 2 heterocycles. The smallest absolute Gasteiger partial charge is 0.341 e. The summed E-state index contributed by atoms with van der Waals surface area (Å²) in [4.78, 5) is 41.9. The lowest BCUT2D eigenvalue weighted by Crippen LogP contribution is -2.47. The molecule has 232 valence electrons. The van der Waals surface area contributed by atoms with Crippen LogP contribution in [0.1, 0.15) is 22.3 Å². The molecule has 1 fully saturated rings. The highest BCUT2D eigenvalue weighted by molar-refractivity contribution is 5.97. The van der Waals surface area contributed by atoms with Crippen molar-refractivity contribution in [2.45, 2.75) is 13.0 Å². The van der Waals surface area contributed by atoms with E-state index in [2.05, 4.69) is 6.58 Å². The van der Waals surface area contributed by atoms with Gasteiger partial charge in [-0.25, -0.2) is 9.18 Å². The lowest BCUT2D eigenvalue weighted by molar-refractivity contribution is -0.473. The van der Waals surface area contributed by atoms with Crippen molar-refractivity contribution in [2.75, 3.05) is 58.8 Å². The van der Waals surface area contributed by atoms with E-state index < -0.39 is 22.8 Å². The minimum absolute atomic E-state index is 0.0910. The van der Waals surface area contributed by atoms with Gasteiger partial charge in [-0.1, -0.05) is 30.4 Å². The summed E-state index contributed by atoms with van der Waals surface area (Å²) in [6, 6.07) is 8.48. The zero-order valence-electron chi connectivity index (χ0n) is 25.0. The van der Waals surface area contributed by atoms with Crippen LogP contribution in [0.25, 0.3) is 16.6 Å². The molecule has 1 saturated heterocycles. The summed E-state index contributed by atoms with van der Waals surface area (Å²) in [6.07, 6.45) is 8.92. The van der Waals surface area contributed by atoms with E-state index in [1.54, 1.807) is 27.7 Å². The lowest BCUT2D eigenvalue weighted by Gasteiger charge is -2.38. The molecule has 0 saturated carbocycles. The Labute approximate surface area is 254 Å². The Bertz CT molecular complexity index is 1670. The summed E-state index contributed by atoms with van der Waals surface area (Å²) < 4.78 is 23.2. The maximum Gasteiger partial charge on any atom is 0.341 e. The average molecular weight is 606 g/mol. The van der Waals surface area contributed by atoms with Gasteiger partial charge < -0.3 is 29.1 Å². The van der Waals surface area contributed by atoms with Gasteiger partial charge >= 0.3 is 5.97 Å². The number of anilines is 1. The number of aromatic carboxylic acids is 1. The van der Waals surface area contributed by atoms with Crippen molar-refractivity contribution in [3.8, 4) is 11.4 Å². The fourth-order valence-electron chi connectivity index (χ4n) is 5.35. The number of rotatable bonds is 12. The van der Waals surface area contributed by atoms with Crippen LogP contribution in [0.5, 0.6) is 5.75 Å². The number of halogens is 1. The average Bonchev–Trinajstić information content (AvgIpc) is 2.98. The van der Waals surface area contributed by atoms with Crippen LogP contribution in [-0.2, 0) is 6.54 Å². The third kappa shape index (κ3) is 6.97. The molecule has 0 amide bonds. The molecule has 1 aliphatic rings. The highest BCUT2D eigenvalue weighted by atomic mass is 19.1. The normalized spacial score (nSPS) is 14.1. The molecule has 0 aliphatic carbocycles. The van der Waals surface area contributed by atoms with Crippen LogP contribution in [0.3, 0.4) is 0 Å². The molecular weight excluding hydrogens is 569 g/mol. The first kappa shape index (κ1) is 32.0. The SMILES string of the molecule is C=CC/C=C\C=C(/C[N+](=O)[O-])N1CCN(c2c(F)cc3c(=O)c(C(=O)O)cn(-c4ccc(CN(C)C)cc4)c3c2OC)CC1. The number of methoxy groups -OCH3 is 1. The van der Waals surface area contributed by atoms with Gasteiger partial charge in [-0.05, 0) is 50.4 Å². The number of carboxylic acids is 1. The molecule has 0 spiro atoms. The number of aromatic nitrogens is 1. The fourth-order valence-corrected chi connectivity index (χ4v) is 5.35. The third-order valence-electron chi connectivity index (χ3n) is 7.34. The molecule has 2 aromatic carbocycles. The molecule has 0 atom stereocenters. The van der Waals surface area contributed by atoms with Crippen LogP contribution >= 0.6 is 0 Å². The number of benzene rings is 2. The first-order chi connectivity index (χ1) is 21.0. The first-order valence-corrected chi connectivity index (χ1v) is 14.1. The fraction of sp³-hybridized carbons (Fsp3) is 0.312. The van der Waals surface area contributed by atoms with Gasteiger partial charge in [0.25, 0.3) is 0 Å². The van der Waals surface area contributed by atoms with Crippen LogP contribution in [0.4, 0.5) is 10.1 Å². The number of nitrogens with zero attached hydrogens (tertiary/aromatic N) is 5. The van der Waals surface area contributed by atoms with Crippen molar-refractivity contribution in [1.29, 1.82) is 0 Å². The molecule has 1 N–H and O–H groups in total.